The van der Waals surface area contributed by atoms with Crippen molar-refractivity contribution in [1.29, 1.82) is 0 Å². The predicted octanol–water partition coefficient (Wildman–Crippen LogP) is 4.02. The van der Waals surface area contributed by atoms with Gasteiger partial charge in [-0.3, -0.25) is 9.59 Å². The van der Waals surface area contributed by atoms with E-state index < -0.39 is 12.1 Å². The van der Waals surface area contributed by atoms with E-state index in [1.165, 1.54) is 22.3 Å². The van der Waals surface area contributed by atoms with Crippen molar-refractivity contribution >= 4 is 18.0 Å². The van der Waals surface area contributed by atoms with Crippen molar-refractivity contribution in [3.63, 3.8) is 0 Å². The first-order chi connectivity index (χ1) is 17.0. The maximum Gasteiger partial charge on any atom is 0.407 e. The number of carbonyl (C=O) groups excluding carboxylic acids is 2. The number of carbonyl (C=O) groups is 3. The molecule has 3 unspecified atom stereocenters. The number of hydrogen-bond donors (Lipinski definition) is 2. The summed E-state index contributed by atoms with van der Waals surface area (Å²) in [6, 6.07) is 16.4. The van der Waals surface area contributed by atoms with E-state index in [0.29, 0.717) is 13.0 Å². The molecule has 0 aromatic heterocycles. The van der Waals surface area contributed by atoms with Gasteiger partial charge in [-0.25, -0.2) is 4.79 Å². The second-order valence-corrected chi connectivity index (χ2v) is 10.5. The number of fused-ring (bicyclic) bond motifs is 4. The minimum atomic E-state index is -0.783. The normalized spacial score (nSPS) is 28.2. The lowest BCUT2D eigenvalue weighted by Crippen LogP contribution is -2.45. The van der Waals surface area contributed by atoms with Gasteiger partial charge in [0.1, 0.15) is 6.61 Å². The summed E-state index contributed by atoms with van der Waals surface area (Å²) in [7, 11) is 0. The Labute approximate surface area is 204 Å². The Hall–Kier alpha value is -3.35. The second-order valence-electron chi connectivity index (χ2n) is 10.5. The summed E-state index contributed by atoms with van der Waals surface area (Å²) in [4.78, 5) is 38.6. The molecule has 35 heavy (non-hydrogen) atoms. The highest BCUT2D eigenvalue weighted by Gasteiger charge is 2.57. The molecular weight excluding hydrogens is 444 g/mol. The zero-order valence-electron chi connectivity index (χ0n) is 19.6. The van der Waals surface area contributed by atoms with E-state index in [2.05, 4.69) is 29.6 Å². The zero-order valence-corrected chi connectivity index (χ0v) is 19.6. The van der Waals surface area contributed by atoms with Crippen LogP contribution in [0.1, 0.15) is 49.1 Å². The Balaban J connectivity index is 0.994. The van der Waals surface area contributed by atoms with Gasteiger partial charge in [0.15, 0.2) is 0 Å². The Morgan fingerprint density at radius 2 is 1.66 bits per heavy atom. The van der Waals surface area contributed by atoms with Crippen LogP contribution in [0.25, 0.3) is 11.1 Å². The smallest absolute Gasteiger partial charge is 0.407 e. The van der Waals surface area contributed by atoms with Gasteiger partial charge < -0.3 is 20.1 Å². The molecule has 5 aliphatic rings. The molecule has 2 aromatic carbocycles. The van der Waals surface area contributed by atoms with Crippen LogP contribution >= 0.6 is 0 Å². The number of amides is 2. The maximum atomic E-state index is 12.8. The quantitative estimate of drug-likeness (QED) is 0.659. The van der Waals surface area contributed by atoms with Crippen molar-refractivity contribution in [3.8, 4) is 11.1 Å². The van der Waals surface area contributed by atoms with Crippen molar-refractivity contribution < 1.29 is 24.2 Å². The lowest BCUT2D eigenvalue weighted by Gasteiger charge is -2.33. The zero-order chi connectivity index (χ0) is 24.1. The molecule has 2 bridgehead atoms. The number of rotatable bonds is 6. The fourth-order valence-corrected chi connectivity index (χ4v) is 6.83. The molecular formula is C28H30N2O5. The summed E-state index contributed by atoms with van der Waals surface area (Å²) in [5.41, 5.74) is 4.77. The van der Waals surface area contributed by atoms with Gasteiger partial charge in [-0.05, 0) is 59.8 Å². The van der Waals surface area contributed by atoms with E-state index in [1.807, 2.05) is 24.3 Å². The van der Waals surface area contributed by atoms with Gasteiger partial charge >= 0.3 is 12.1 Å². The Bertz CT molecular complexity index is 1130. The van der Waals surface area contributed by atoms with Gasteiger partial charge in [-0.15, -0.1) is 0 Å². The van der Waals surface area contributed by atoms with Crippen molar-refractivity contribution in [2.45, 2.75) is 50.1 Å². The van der Waals surface area contributed by atoms with Gasteiger partial charge in [-0.1, -0.05) is 48.5 Å². The topological polar surface area (TPSA) is 95.9 Å². The Kier molecular flexibility index (Phi) is 5.50. The van der Waals surface area contributed by atoms with E-state index in [0.717, 1.165) is 25.7 Å². The van der Waals surface area contributed by atoms with E-state index in [-0.39, 0.29) is 48.3 Å². The van der Waals surface area contributed by atoms with Crippen molar-refractivity contribution in [3.05, 3.63) is 59.7 Å². The minimum Gasteiger partial charge on any atom is -0.481 e. The first kappa shape index (κ1) is 22.1. The average molecular weight is 475 g/mol. The molecule has 2 amide bonds. The average Bonchev–Trinajstić information content (AvgIpc) is 3.59. The summed E-state index contributed by atoms with van der Waals surface area (Å²) in [6.07, 6.45) is 3.29. The van der Waals surface area contributed by atoms with Gasteiger partial charge in [0.2, 0.25) is 5.91 Å². The number of alkyl carbamates (subject to hydrolysis) is 1. The van der Waals surface area contributed by atoms with Crippen LogP contribution in [-0.4, -0.2) is 53.2 Å². The van der Waals surface area contributed by atoms with Crippen LogP contribution in [0, 0.1) is 17.8 Å². The SMILES string of the molecule is O=C(N[C@H]1CC[C@@H](CC(=O)N2CC3CC2C3C(=O)O)C1)OCC1c2ccccc2-c2ccccc21. The fraction of sp³-hybridized carbons (Fsp3) is 0.464. The van der Waals surface area contributed by atoms with E-state index in [1.54, 1.807) is 4.90 Å². The van der Waals surface area contributed by atoms with Crippen LogP contribution in [-0.2, 0) is 14.3 Å². The highest BCUT2D eigenvalue weighted by atomic mass is 16.5. The highest BCUT2D eigenvalue weighted by molar-refractivity contribution is 5.81. The molecule has 182 valence electrons. The van der Waals surface area contributed by atoms with Gasteiger partial charge in [0, 0.05) is 31.0 Å². The lowest BCUT2D eigenvalue weighted by atomic mass is 9.74. The standard InChI is InChI=1S/C28H30N2O5/c31-25(30-14-17-13-24(30)26(17)27(32)33)12-16-9-10-18(11-16)29-28(34)35-15-23-21-7-3-1-5-19(21)20-6-2-4-8-22(20)23/h1-8,16-18,23-24,26H,9-15H2,(H,29,34)(H,32,33)/t16-,17?,18+,24?,26?/m1/s1. The van der Waals surface area contributed by atoms with Crippen LogP contribution in [0.3, 0.4) is 0 Å². The summed E-state index contributed by atoms with van der Waals surface area (Å²) in [5.74, 6) is -0.743. The van der Waals surface area contributed by atoms with Crippen LogP contribution in [0.4, 0.5) is 4.79 Å². The molecule has 7 rings (SSSR count). The number of carboxylic acids is 1. The van der Waals surface area contributed by atoms with Crippen LogP contribution in [0.2, 0.25) is 0 Å². The van der Waals surface area contributed by atoms with Crippen molar-refractivity contribution in [2.75, 3.05) is 13.2 Å². The number of nitrogens with zero attached hydrogens (tertiary/aromatic N) is 1. The number of ether oxygens (including phenoxy) is 1. The van der Waals surface area contributed by atoms with Gasteiger partial charge in [-0.2, -0.15) is 0 Å². The fourth-order valence-electron chi connectivity index (χ4n) is 6.83. The van der Waals surface area contributed by atoms with E-state index in [9.17, 15) is 19.5 Å². The summed E-state index contributed by atoms with van der Waals surface area (Å²) >= 11 is 0. The number of benzene rings is 2. The van der Waals surface area contributed by atoms with Gasteiger partial charge in [0.05, 0.1) is 5.92 Å². The molecule has 2 saturated carbocycles. The third-order valence-corrected chi connectivity index (χ3v) is 8.57. The van der Waals surface area contributed by atoms with Crippen molar-refractivity contribution in [2.24, 2.45) is 17.8 Å². The first-order valence-electron chi connectivity index (χ1n) is 12.6. The van der Waals surface area contributed by atoms with E-state index >= 15 is 0 Å². The molecule has 4 fully saturated rings. The third-order valence-electron chi connectivity index (χ3n) is 8.57. The first-order valence-corrected chi connectivity index (χ1v) is 12.6. The number of nitrogens with one attached hydrogen (secondary N) is 1. The monoisotopic (exact) mass is 474 g/mol. The van der Waals surface area contributed by atoms with Crippen LogP contribution in [0.15, 0.2) is 48.5 Å². The summed E-state index contributed by atoms with van der Waals surface area (Å²) in [5, 5.41) is 12.3. The molecule has 2 heterocycles. The van der Waals surface area contributed by atoms with Crippen LogP contribution in [0.5, 0.6) is 0 Å². The summed E-state index contributed by atoms with van der Waals surface area (Å²) < 4.78 is 5.67. The molecule has 7 nitrogen and oxygen atoms in total. The highest BCUT2D eigenvalue weighted by Crippen LogP contribution is 2.47. The summed E-state index contributed by atoms with van der Waals surface area (Å²) in [6.45, 7) is 0.866. The predicted molar refractivity (Wildman–Crippen MR) is 129 cm³/mol. The number of hydrogen-bond acceptors (Lipinski definition) is 4. The minimum absolute atomic E-state index is 0.00229. The van der Waals surface area contributed by atoms with Crippen LogP contribution < -0.4 is 5.32 Å². The second kappa shape index (κ2) is 8.70. The molecule has 0 spiro atoms. The Morgan fingerprint density at radius 1 is 0.971 bits per heavy atom. The largest absolute Gasteiger partial charge is 0.481 e. The maximum absolute atomic E-state index is 12.8. The molecule has 2 aromatic rings. The van der Waals surface area contributed by atoms with E-state index in [4.69, 9.17) is 4.74 Å². The van der Waals surface area contributed by atoms with Crippen molar-refractivity contribution in [1.82, 2.24) is 10.2 Å². The lowest BCUT2D eigenvalue weighted by molar-refractivity contribution is -0.148. The molecule has 2 aliphatic heterocycles. The molecule has 2 saturated heterocycles. The molecule has 0 radical (unpaired) electrons. The third kappa shape index (κ3) is 3.87. The molecule has 3 aliphatic carbocycles. The molecule has 7 heteroatoms. The Morgan fingerprint density at radius 3 is 2.31 bits per heavy atom. The molecule has 5 atom stereocenters. The number of aliphatic carboxylic acids is 1. The number of carboxylic acid groups (broad SMARTS) is 1. The van der Waals surface area contributed by atoms with Gasteiger partial charge in [0.25, 0.3) is 0 Å². The molecule has 2 N–H and O–H groups in total.